The molecule has 1 unspecified atom stereocenters. The van der Waals surface area contributed by atoms with Crippen molar-refractivity contribution in [3.8, 4) is 0 Å². The number of carbonyl (C=O) groups is 1. The fourth-order valence-electron chi connectivity index (χ4n) is 2.47. The standard InChI is InChI=1S/C14H17BrF2N2O/c1-18-6-3-7-19(2)11(8-18)14(20)12-10(16)5-4-9(15)13(12)17/h4-5,11H,3,6-8H2,1-2H3. The number of Topliss-reactive ketones (excluding diaryl/α,β-unsaturated/α-hetero) is 1. The number of rotatable bonds is 2. The fraction of sp³-hybridized carbons (Fsp3) is 0.500. The summed E-state index contributed by atoms with van der Waals surface area (Å²) in [6.45, 7) is 2.08. The Balaban J connectivity index is 2.37. The fourth-order valence-corrected chi connectivity index (χ4v) is 2.80. The molecule has 0 spiro atoms. The third-order valence-corrected chi connectivity index (χ3v) is 4.27. The van der Waals surface area contributed by atoms with Gasteiger partial charge >= 0.3 is 0 Å². The summed E-state index contributed by atoms with van der Waals surface area (Å²) >= 11 is 3.00. The van der Waals surface area contributed by atoms with E-state index in [1.54, 1.807) is 0 Å². The molecular weight excluding hydrogens is 330 g/mol. The summed E-state index contributed by atoms with van der Waals surface area (Å²) < 4.78 is 28.0. The molecule has 2 rings (SSSR count). The zero-order valence-electron chi connectivity index (χ0n) is 11.5. The van der Waals surface area contributed by atoms with Crippen LogP contribution in [0.5, 0.6) is 0 Å². The van der Waals surface area contributed by atoms with Gasteiger partial charge in [-0.15, -0.1) is 0 Å². The maximum Gasteiger partial charge on any atom is 0.187 e. The van der Waals surface area contributed by atoms with Gasteiger partial charge in [0.2, 0.25) is 0 Å². The number of likely N-dealkylation sites (N-methyl/N-ethyl adjacent to an activating group) is 2. The zero-order valence-corrected chi connectivity index (χ0v) is 13.1. The summed E-state index contributed by atoms with van der Waals surface area (Å²) in [4.78, 5) is 16.4. The molecule has 1 atom stereocenters. The summed E-state index contributed by atoms with van der Waals surface area (Å²) in [6, 6.07) is 1.85. The zero-order chi connectivity index (χ0) is 14.9. The molecule has 20 heavy (non-hydrogen) atoms. The van der Waals surface area contributed by atoms with Gasteiger partial charge in [0.25, 0.3) is 0 Å². The van der Waals surface area contributed by atoms with Gasteiger partial charge in [-0.1, -0.05) is 0 Å². The average molecular weight is 347 g/mol. The highest BCUT2D eigenvalue weighted by Gasteiger charge is 2.31. The molecule has 0 N–H and O–H groups in total. The number of nitrogens with zero attached hydrogens (tertiary/aromatic N) is 2. The predicted molar refractivity (Wildman–Crippen MR) is 76.9 cm³/mol. The van der Waals surface area contributed by atoms with E-state index < -0.39 is 29.0 Å². The lowest BCUT2D eigenvalue weighted by Gasteiger charge is -2.26. The first-order valence-corrected chi connectivity index (χ1v) is 7.27. The van der Waals surface area contributed by atoms with Crippen molar-refractivity contribution in [2.24, 2.45) is 0 Å². The minimum Gasteiger partial charge on any atom is -0.304 e. The van der Waals surface area contributed by atoms with Crippen LogP contribution in [0.15, 0.2) is 16.6 Å². The molecule has 1 heterocycles. The molecule has 110 valence electrons. The minimum atomic E-state index is -0.824. The Kier molecular flexibility index (Phi) is 4.88. The predicted octanol–water partition coefficient (Wildman–Crippen LogP) is 2.55. The monoisotopic (exact) mass is 346 g/mol. The Hall–Kier alpha value is -0.850. The van der Waals surface area contributed by atoms with Gasteiger partial charge in [-0.3, -0.25) is 9.69 Å². The molecular formula is C14H17BrF2N2O. The van der Waals surface area contributed by atoms with Gasteiger partial charge in [0, 0.05) is 6.54 Å². The van der Waals surface area contributed by atoms with E-state index in [9.17, 15) is 13.6 Å². The van der Waals surface area contributed by atoms with E-state index in [-0.39, 0.29) is 4.47 Å². The van der Waals surface area contributed by atoms with E-state index in [1.807, 2.05) is 23.9 Å². The van der Waals surface area contributed by atoms with Crippen molar-refractivity contribution in [1.29, 1.82) is 0 Å². The molecule has 0 radical (unpaired) electrons. The topological polar surface area (TPSA) is 23.6 Å². The lowest BCUT2D eigenvalue weighted by Crippen LogP contribution is -2.44. The summed E-state index contributed by atoms with van der Waals surface area (Å²) in [7, 11) is 3.72. The van der Waals surface area contributed by atoms with Gasteiger partial charge in [-0.25, -0.2) is 8.78 Å². The van der Waals surface area contributed by atoms with Crippen LogP contribution in [0.4, 0.5) is 8.78 Å². The number of carbonyl (C=O) groups excluding carboxylic acids is 1. The Labute approximate surface area is 125 Å². The van der Waals surface area contributed by atoms with Crippen LogP contribution in [0.25, 0.3) is 0 Å². The van der Waals surface area contributed by atoms with Crippen molar-refractivity contribution in [3.63, 3.8) is 0 Å². The molecule has 1 aromatic rings. The average Bonchev–Trinajstić information content (AvgIpc) is 2.56. The van der Waals surface area contributed by atoms with Gasteiger partial charge in [-0.05, 0) is 61.7 Å². The summed E-state index contributed by atoms with van der Waals surface area (Å²) in [5, 5.41) is 0. The van der Waals surface area contributed by atoms with Crippen LogP contribution in [-0.2, 0) is 0 Å². The maximum atomic E-state index is 14.1. The van der Waals surface area contributed by atoms with Crippen LogP contribution in [0, 0.1) is 11.6 Å². The molecule has 0 aliphatic carbocycles. The van der Waals surface area contributed by atoms with Crippen molar-refractivity contribution in [2.45, 2.75) is 12.5 Å². The number of hydrogen-bond acceptors (Lipinski definition) is 3. The molecule has 1 aliphatic rings. The van der Waals surface area contributed by atoms with Crippen LogP contribution >= 0.6 is 15.9 Å². The molecule has 0 amide bonds. The molecule has 1 saturated heterocycles. The van der Waals surface area contributed by atoms with E-state index in [4.69, 9.17) is 0 Å². The van der Waals surface area contributed by atoms with Crippen molar-refractivity contribution >= 4 is 21.7 Å². The first-order chi connectivity index (χ1) is 9.41. The van der Waals surface area contributed by atoms with E-state index in [2.05, 4.69) is 15.9 Å². The molecule has 0 bridgehead atoms. The molecule has 6 heteroatoms. The van der Waals surface area contributed by atoms with Crippen molar-refractivity contribution < 1.29 is 13.6 Å². The van der Waals surface area contributed by atoms with Gasteiger partial charge < -0.3 is 4.90 Å². The molecule has 1 aliphatic heterocycles. The van der Waals surface area contributed by atoms with Crippen molar-refractivity contribution in [2.75, 3.05) is 33.7 Å². The Morgan fingerprint density at radius 3 is 2.70 bits per heavy atom. The molecule has 1 fully saturated rings. The van der Waals surface area contributed by atoms with Crippen LogP contribution < -0.4 is 0 Å². The highest BCUT2D eigenvalue weighted by molar-refractivity contribution is 9.10. The third-order valence-electron chi connectivity index (χ3n) is 3.66. The Morgan fingerprint density at radius 2 is 2.00 bits per heavy atom. The second-order valence-corrected chi connectivity index (χ2v) is 6.05. The smallest absolute Gasteiger partial charge is 0.187 e. The normalized spacial score (nSPS) is 21.8. The van der Waals surface area contributed by atoms with E-state index in [1.165, 1.54) is 6.07 Å². The van der Waals surface area contributed by atoms with Crippen LogP contribution in [0.3, 0.4) is 0 Å². The highest BCUT2D eigenvalue weighted by atomic mass is 79.9. The van der Waals surface area contributed by atoms with Gasteiger partial charge in [0.1, 0.15) is 5.82 Å². The quantitative estimate of drug-likeness (QED) is 0.607. The number of hydrogen-bond donors (Lipinski definition) is 0. The van der Waals surface area contributed by atoms with Crippen LogP contribution in [0.2, 0.25) is 0 Å². The first kappa shape index (κ1) is 15.5. The second kappa shape index (κ2) is 6.28. The largest absolute Gasteiger partial charge is 0.304 e. The minimum absolute atomic E-state index is 0.104. The molecule has 0 saturated carbocycles. The highest BCUT2D eigenvalue weighted by Crippen LogP contribution is 2.24. The summed E-state index contributed by atoms with van der Waals surface area (Å²) in [6.07, 6.45) is 0.931. The molecule has 3 nitrogen and oxygen atoms in total. The Bertz CT molecular complexity index is 524. The van der Waals surface area contributed by atoms with E-state index in [0.717, 1.165) is 25.6 Å². The second-order valence-electron chi connectivity index (χ2n) is 5.19. The van der Waals surface area contributed by atoms with Gasteiger partial charge in [0.05, 0.1) is 16.1 Å². The lowest BCUT2D eigenvalue weighted by molar-refractivity contribution is 0.0830. The first-order valence-electron chi connectivity index (χ1n) is 6.48. The maximum absolute atomic E-state index is 14.1. The summed E-state index contributed by atoms with van der Waals surface area (Å²) in [5.74, 6) is -2.14. The van der Waals surface area contributed by atoms with Gasteiger partial charge in [-0.2, -0.15) is 0 Å². The Morgan fingerprint density at radius 1 is 1.30 bits per heavy atom. The van der Waals surface area contributed by atoms with E-state index in [0.29, 0.717) is 6.54 Å². The van der Waals surface area contributed by atoms with Gasteiger partial charge in [0.15, 0.2) is 11.6 Å². The molecule has 1 aromatic carbocycles. The number of halogens is 3. The third kappa shape index (κ3) is 3.07. The van der Waals surface area contributed by atoms with Crippen molar-refractivity contribution in [1.82, 2.24) is 9.80 Å². The number of ketones is 1. The lowest BCUT2D eigenvalue weighted by atomic mass is 10.0. The SMILES string of the molecule is CN1CCCN(C)C(C(=O)c2c(F)ccc(Br)c2F)C1. The van der Waals surface area contributed by atoms with E-state index >= 15 is 0 Å². The molecule has 0 aromatic heterocycles. The van der Waals surface area contributed by atoms with Crippen LogP contribution in [-0.4, -0.2) is 55.4 Å². The summed E-state index contributed by atoms with van der Waals surface area (Å²) in [5.41, 5.74) is -0.452. The van der Waals surface area contributed by atoms with Crippen LogP contribution in [0.1, 0.15) is 16.8 Å². The van der Waals surface area contributed by atoms with Crippen molar-refractivity contribution in [3.05, 3.63) is 33.8 Å². The number of benzene rings is 1.